The van der Waals surface area contributed by atoms with Crippen LogP contribution in [-0.4, -0.2) is 26.4 Å². The Kier molecular flexibility index (Phi) is 6.18. The molecule has 0 spiro atoms. The molecule has 3 rings (SSSR count). The molecular weight excluding hydrogens is 388 g/mol. The van der Waals surface area contributed by atoms with Crippen LogP contribution in [-0.2, 0) is 22.9 Å². The van der Waals surface area contributed by atoms with E-state index in [2.05, 4.69) is 9.88 Å². The highest BCUT2D eigenvalue weighted by Gasteiger charge is 2.18. The average Bonchev–Trinajstić information content (AvgIpc) is 3.31. The number of thiophene rings is 1. The molecular formula is C18H20N2O3S3. The molecule has 1 aromatic carbocycles. The molecule has 0 unspecified atom stereocenters. The fourth-order valence-electron chi connectivity index (χ4n) is 2.39. The second-order valence-corrected chi connectivity index (χ2v) is 9.47. The lowest BCUT2D eigenvalue weighted by Crippen LogP contribution is -2.25. The van der Waals surface area contributed by atoms with E-state index >= 15 is 0 Å². The smallest absolute Gasteiger partial charge is 0.250 e. The van der Waals surface area contributed by atoms with Gasteiger partial charge in [0.15, 0.2) is 5.76 Å². The van der Waals surface area contributed by atoms with Crippen LogP contribution >= 0.6 is 23.1 Å². The highest BCUT2D eigenvalue weighted by molar-refractivity contribution is 7.98. The molecule has 8 heteroatoms. The molecule has 2 aromatic heterocycles. The maximum atomic E-state index is 12.5. The van der Waals surface area contributed by atoms with Gasteiger partial charge in [-0.3, -0.25) is 0 Å². The summed E-state index contributed by atoms with van der Waals surface area (Å²) in [6.07, 6.45) is 3.45. The number of thioether (sulfide) groups is 1. The van der Waals surface area contributed by atoms with E-state index in [1.807, 2.05) is 43.5 Å². The van der Waals surface area contributed by atoms with E-state index < -0.39 is 10.0 Å². The molecule has 0 saturated carbocycles. The van der Waals surface area contributed by atoms with E-state index in [-0.39, 0.29) is 4.21 Å². The summed E-state index contributed by atoms with van der Waals surface area (Å²) in [4.78, 5) is 1.19. The minimum atomic E-state index is -3.53. The Labute approximate surface area is 161 Å². The van der Waals surface area contributed by atoms with E-state index in [9.17, 15) is 8.42 Å². The molecule has 3 aromatic rings. The van der Waals surface area contributed by atoms with E-state index in [1.165, 1.54) is 16.2 Å². The summed E-state index contributed by atoms with van der Waals surface area (Å²) in [5, 5.41) is 5.71. The fourth-order valence-corrected chi connectivity index (χ4v) is 5.05. The Hall–Kier alpha value is -1.61. The first kappa shape index (κ1) is 19.2. The Morgan fingerprint density at radius 1 is 1.23 bits per heavy atom. The van der Waals surface area contributed by atoms with Gasteiger partial charge in [0.25, 0.3) is 0 Å². The van der Waals surface area contributed by atoms with Crippen LogP contribution in [0, 0.1) is 0 Å². The second kappa shape index (κ2) is 8.39. The van der Waals surface area contributed by atoms with E-state index in [4.69, 9.17) is 4.52 Å². The van der Waals surface area contributed by atoms with Crippen LogP contribution in [0.3, 0.4) is 0 Å². The van der Waals surface area contributed by atoms with Crippen molar-refractivity contribution < 1.29 is 12.9 Å². The summed E-state index contributed by atoms with van der Waals surface area (Å²) < 4.78 is 33.2. The van der Waals surface area contributed by atoms with Crippen molar-refractivity contribution in [3.63, 3.8) is 0 Å². The minimum absolute atomic E-state index is 0.277. The third kappa shape index (κ3) is 4.56. The second-order valence-electron chi connectivity index (χ2n) is 5.69. The molecule has 0 fully saturated rings. The number of nitrogens with one attached hydrogen (secondary N) is 1. The number of hydrogen-bond acceptors (Lipinski definition) is 6. The lowest BCUT2D eigenvalue weighted by molar-refractivity contribution is 0.424. The van der Waals surface area contributed by atoms with Crippen LogP contribution in [0.5, 0.6) is 0 Å². The van der Waals surface area contributed by atoms with Gasteiger partial charge in [0.1, 0.15) is 4.21 Å². The standard InChI is InChI=1S/C18H20N2O3S3/c1-3-15-11-17(23-20-15)14-10-18(25-12-14)26(21,22)19-9-8-13-4-6-16(24-2)7-5-13/h4-7,10-12,19H,3,8-9H2,1-2H3. The zero-order valence-electron chi connectivity index (χ0n) is 14.6. The highest BCUT2D eigenvalue weighted by atomic mass is 32.2. The van der Waals surface area contributed by atoms with Gasteiger partial charge >= 0.3 is 0 Å². The van der Waals surface area contributed by atoms with Crippen LogP contribution in [0.1, 0.15) is 18.2 Å². The van der Waals surface area contributed by atoms with Crippen molar-refractivity contribution in [2.45, 2.75) is 28.9 Å². The lowest BCUT2D eigenvalue weighted by Gasteiger charge is -2.05. The first-order chi connectivity index (χ1) is 12.5. The van der Waals surface area contributed by atoms with Crippen LogP contribution < -0.4 is 4.72 Å². The highest BCUT2D eigenvalue weighted by Crippen LogP contribution is 2.29. The van der Waals surface area contributed by atoms with Crippen LogP contribution in [0.2, 0.25) is 0 Å². The van der Waals surface area contributed by atoms with Crippen molar-refractivity contribution in [1.82, 2.24) is 9.88 Å². The van der Waals surface area contributed by atoms with Crippen LogP contribution in [0.4, 0.5) is 0 Å². The van der Waals surface area contributed by atoms with Crippen LogP contribution in [0.15, 0.2) is 55.4 Å². The SMILES string of the molecule is CCc1cc(-c2csc(S(=O)(=O)NCCc3ccc(SC)cc3)c2)on1. The monoisotopic (exact) mass is 408 g/mol. The van der Waals surface area contributed by atoms with Gasteiger partial charge < -0.3 is 4.52 Å². The van der Waals surface area contributed by atoms with Gasteiger partial charge in [0.2, 0.25) is 10.0 Å². The van der Waals surface area contributed by atoms with E-state index in [0.717, 1.165) is 23.2 Å². The maximum Gasteiger partial charge on any atom is 0.250 e. The molecule has 0 radical (unpaired) electrons. The number of rotatable bonds is 8. The Bertz CT molecular complexity index is 960. The number of benzene rings is 1. The molecule has 0 atom stereocenters. The Morgan fingerprint density at radius 3 is 2.65 bits per heavy atom. The summed E-state index contributed by atoms with van der Waals surface area (Å²) in [5.74, 6) is 0.591. The summed E-state index contributed by atoms with van der Waals surface area (Å²) in [7, 11) is -3.53. The zero-order valence-corrected chi connectivity index (χ0v) is 17.0. The average molecular weight is 409 g/mol. The summed E-state index contributed by atoms with van der Waals surface area (Å²) in [5.41, 5.74) is 2.68. The van der Waals surface area contributed by atoms with Gasteiger partial charge in [-0.1, -0.05) is 24.2 Å². The molecule has 0 amide bonds. The van der Waals surface area contributed by atoms with Gasteiger partial charge in [0.05, 0.1) is 5.69 Å². The first-order valence-corrected chi connectivity index (χ1v) is 11.8. The molecule has 1 N–H and O–H groups in total. The fraction of sp³-hybridized carbons (Fsp3) is 0.278. The molecule has 0 saturated heterocycles. The molecule has 2 heterocycles. The van der Waals surface area contributed by atoms with Crippen molar-refractivity contribution in [3.8, 4) is 11.3 Å². The van der Waals surface area contributed by atoms with Gasteiger partial charge in [0, 0.05) is 28.5 Å². The predicted molar refractivity (Wildman–Crippen MR) is 106 cm³/mol. The largest absolute Gasteiger partial charge is 0.356 e. The van der Waals surface area contributed by atoms with Gasteiger partial charge in [-0.05, 0) is 42.9 Å². The first-order valence-electron chi connectivity index (χ1n) is 8.19. The van der Waals surface area contributed by atoms with Gasteiger partial charge in [-0.25, -0.2) is 13.1 Å². The number of hydrogen-bond donors (Lipinski definition) is 1. The van der Waals surface area contributed by atoms with Crippen molar-refractivity contribution in [3.05, 3.63) is 53.0 Å². The number of aryl methyl sites for hydroxylation is 1. The van der Waals surface area contributed by atoms with Crippen molar-refractivity contribution >= 4 is 33.1 Å². The molecule has 0 aliphatic rings. The third-order valence-corrected chi connectivity index (χ3v) is 7.55. The lowest BCUT2D eigenvalue weighted by atomic mass is 10.2. The number of sulfonamides is 1. The molecule has 5 nitrogen and oxygen atoms in total. The molecule has 0 bridgehead atoms. The third-order valence-electron chi connectivity index (χ3n) is 3.91. The van der Waals surface area contributed by atoms with Crippen molar-refractivity contribution in [1.29, 1.82) is 0 Å². The van der Waals surface area contributed by atoms with E-state index in [0.29, 0.717) is 18.7 Å². The minimum Gasteiger partial charge on any atom is -0.356 e. The molecule has 0 aliphatic carbocycles. The number of nitrogens with zero attached hydrogens (tertiary/aromatic N) is 1. The molecule has 26 heavy (non-hydrogen) atoms. The summed E-state index contributed by atoms with van der Waals surface area (Å²) in [6.45, 7) is 2.35. The number of aromatic nitrogens is 1. The van der Waals surface area contributed by atoms with Crippen molar-refractivity contribution in [2.24, 2.45) is 0 Å². The van der Waals surface area contributed by atoms with Gasteiger partial charge in [-0.15, -0.1) is 23.1 Å². The predicted octanol–water partition coefficient (Wildman–Crippen LogP) is 4.21. The topological polar surface area (TPSA) is 72.2 Å². The van der Waals surface area contributed by atoms with Crippen molar-refractivity contribution in [2.75, 3.05) is 12.8 Å². The zero-order chi connectivity index (χ0) is 18.6. The Balaban J connectivity index is 1.62. The van der Waals surface area contributed by atoms with E-state index in [1.54, 1.807) is 23.2 Å². The van der Waals surface area contributed by atoms with Crippen LogP contribution in [0.25, 0.3) is 11.3 Å². The normalized spacial score (nSPS) is 11.8. The summed E-state index contributed by atoms with van der Waals surface area (Å²) in [6, 6.07) is 11.6. The molecule has 0 aliphatic heterocycles. The Morgan fingerprint density at radius 2 is 2.00 bits per heavy atom. The van der Waals surface area contributed by atoms with Gasteiger partial charge in [-0.2, -0.15) is 0 Å². The quantitative estimate of drug-likeness (QED) is 0.565. The maximum absolute atomic E-state index is 12.5. The molecule has 138 valence electrons. The summed E-state index contributed by atoms with van der Waals surface area (Å²) >= 11 is 2.86.